The number of carbonyl (C=O) groups is 1. The Morgan fingerprint density at radius 3 is 2.73 bits per heavy atom. The number of anilines is 1. The van der Waals surface area contributed by atoms with Crippen molar-refractivity contribution in [3.05, 3.63) is 33.5 Å². The summed E-state index contributed by atoms with van der Waals surface area (Å²) in [6.45, 7) is 6.89. The maximum Gasteiger partial charge on any atom is 0.234 e. The van der Waals surface area contributed by atoms with Crippen molar-refractivity contribution in [1.29, 1.82) is 0 Å². The van der Waals surface area contributed by atoms with Crippen molar-refractivity contribution < 1.29 is 4.79 Å². The van der Waals surface area contributed by atoms with Crippen molar-refractivity contribution in [3.63, 3.8) is 0 Å². The Bertz CT molecular complexity index is 603. The van der Waals surface area contributed by atoms with Gasteiger partial charge in [0.15, 0.2) is 5.13 Å². The predicted molar refractivity (Wildman–Crippen MR) is 91.7 cm³/mol. The Balaban J connectivity index is 1.41. The molecule has 2 aromatic heterocycles. The molecular formula is C15H20N4OS2. The number of amides is 1. The van der Waals surface area contributed by atoms with E-state index in [-0.39, 0.29) is 5.91 Å². The summed E-state index contributed by atoms with van der Waals surface area (Å²) in [6.07, 6.45) is 1.84. The van der Waals surface area contributed by atoms with Gasteiger partial charge in [-0.25, -0.2) is 4.98 Å². The van der Waals surface area contributed by atoms with Gasteiger partial charge in [0, 0.05) is 42.6 Å². The fraction of sp³-hybridized carbons (Fsp3) is 0.467. The molecule has 118 valence electrons. The highest BCUT2D eigenvalue weighted by molar-refractivity contribution is 7.13. The summed E-state index contributed by atoms with van der Waals surface area (Å²) in [5.41, 5.74) is 1.25. The van der Waals surface area contributed by atoms with Crippen LogP contribution in [0.1, 0.15) is 10.4 Å². The SMILES string of the molecule is Cc1ccsc1CNC(=O)CN1CCN(c2nccs2)CC1. The molecule has 0 spiro atoms. The molecular weight excluding hydrogens is 316 g/mol. The molecule has 22 heavy (non-hydrogen) atoms. The zero-order valence-electron chi connectivity index (χ0n) is 12.6. The Hall–Kier alpha value is -1.44. The lowest BCUT2D eigenvalue weighted by atomic mass is 10.3. The molecule has 1 N–H and O–H groups in total. The van der Waals surface area contributed by atoms with Gasteiger partial charge in [-0.1, -0.05) is 0 Å². The van der Waals surface area contributed by atoms with Crippen LogP contribution in [0.25, 0.3) is 0 Å². The lowest BCUT2D eigenvalue weighted by Crippen LogP contribution is -2.49. The van der Waals surface area contributed by atoms with Crippen LogP contribution < -0.4 is 10.2 Å². The topological polar surface area (TPSA) is 48.5 Å². The quantitative estimate of drug-likeness (QED) is 0.907. The summed E-state index contributed by atoms with van der Waals surface area (Å²) in [4.78, 5) is 22.1. The van der Waals surface area contributed by atoms with E-state index in [0.717, 1.165) is 31.3 Å². The molecule has 0 aliphatic carbocycles. The van der Waals surface area contributed by atoms with Gasteiger partial charge in [-0.3, -0.25) is 9.69 Å². The van der Waals surface area contributed by atoms with E-state index in [0.29, 0.717) is 13.1 Å². The van der Waals surface area contributed by atoms with E-state index in [1.807, 2.05) is 11.6 Å². The van der Waals surface area contributed by atoms with Crippen LogP contribution in [0, 0.1) is 6.92 Å². The normalized spacial score (nSPS) is 16.0. The van der Waals surface area contributed by atoms with Gasteiger partial charge >= 0.3 is 0 Å². The Morgan fingerprint density at radius 2 is 2.09 bits per heavy atom. The van der Waals surface area contributed by atoms with E-state index in [9.17, 15) is 4.79 Å². The standard InChI is InChI=1S/C15H20N4OS2/c1-12-2-8-21-13(12)10-17-14(20)11-18-4-6-19(7-5-18)15-16-3-9-22-15/h2-3,8-9H,4-7,10-11H2,1H3,(H,17,20). The third-order valence-electron chi connectivity index (χ3n) is 3.84. The van der Waals surface area contributed by atoms with Crippen molar-refractivity contribution in [2.45, 2.75) is 13.5 Å². The summed E-state index contributed by atoms with van der Waals surface area (Å²) in [5.74, 6) is 0.107. The number of hydrogen-bond donors (Lipinski definition) is 1. The van der Waals surface area contributed by atoms with Crippen LogP contribution in [0.15, 0.2) is 23.0 Å². The first-order valence-electron chi connectivity index (χ1n) is 7.39. The lowest BCUT2D eigenvalue weighted by Gasteiger charge is -2.34. The molecule has 1 amide bonds. The van der Waals surface area contributed by atoms with Crippen LogP contribution in [0.4, 0.5) is 5.13 Å². The minimum atomic E-state index is 0.107. The number of carbonyl (C=O) groups excluding carboxylic acids is 1. The average Bonchev–Trinajstić information content (AvgIpc) is 3.18. The van der Waals surface area contributed by atoms with Gasteiger partial charge in [0.2, 0.25) is 5.91 Å². The summed E-state index contributed by atoms with van der Waals surface area (Å²) in [7, 11) is 0. The predicted octanol–water partition coefficient (Wildman–Crippen LogP) is 1.95. The van der Waals surface area contributed by atoms with Crippen molar-refractivity contribution in [1.82, 2.24) is 15.2 Å². The number of nitrogens with zero attached hydrogens (tertiary/aromatic N) is 3. The number of thiazole rings is 1. The monoisotopic (exact) mass is 336 g/mol. The number of hydrogen-bond acceptors (Lipinski definition) is 6. The van der Waals surface area contributed by atoms with E-state index >= 15 is 0 Å². The molecule has 0 radical (unpaired) electrons. The number of rotatable bonds is 5. The van der Waals surface area contributed by atoms with Gasteiger partial charge in [-0.05, 0) is 23.9 Å². The number of aromatic nitrogens is 1. The maximum atomic E-state index is 12.1. The van der Waals surface area contributed by atoms with Gasteiger partial charge in [0.1, 0.15) is 0 Å². The molecule has 0 saturated carbocycles. The maximum absolute atomic E-state index is 12.1. The highest BCUT2D eigenvalue weighted by Gasteiger charge is 2.20. The summed E-state index contributed by atoms with van der Waals surface area (Å²) >= 11 is 3.37. The summed E-state index contributed by atoms with van der Waals surface area (Å²) in [5, 5.41) is 8.16. The third kappa shape index (κ3) is 3.85. The molecule has 1 fully saturated rings. The van der Waals surface area contributed by atoms with Crippen molar-refractivity contribution in [3.8, 4) is 0 Å². The molecule has 0 unspecified atom stereocenters. The van der Waals surface area contributed by atoms with E-state index in [1.54, 1.807) is 22.7 Å². The van der Waals surface area contributed by atoms with Crippen molar-refractivity contribution in [2.24, 2.45) is 0 Å². The Morgan fingerprint density at radius 1 is 1.27 bits per heavy atom. The highest BCUT2D eigenvalue weighted by atomic mass is 32.1. The molecule has 3 rings (SSSR count). The number of thiophene rings is 1. The smallest absolute Gasteiger partial charge is 0.234 e. The van der Waals surface area contributed by atoms with Crippen LogP contribution in [0.2, 0.25) is 0 Å². The van der Waals surface area contributed by atoms with Gasteiger partial charge in [0.05, 0.1) is 13.1 Å². The van der Waals surface area contributed by atoms with Gasteiger partial charge in [0.25, 0.3) is 0 Å². The van der Waals surface area contributed by atoms with E-state index in [2.05, 4.69) is 38.5 Å². The average molecular weight is 336 g/mol. The molecule has 1 saturated heterocycles. The second-order valence-corrected chi connectivity index (χ2v) is 7.26. The molecule has 0 aromatic carbocycles. The molecule has 1 aliphatic heterocycles. The fourth-order valence-electron chi connectivity index (χ4n) is 2.49. The molecule has 1 aliphatic rings. The van der Waals surface area contributed by atoms with Crippen LogP contribution in [0.3, 0.4) is 0 Å². The third-order valence-corrected chi connectivity index (χ3v) is 5.70. The Kier molecular flexibility index (Phi) is 5.07. The largest absolute Gasteiger partial charge is 0.350 e. The van der Waals surface area contributed by atoms with Gasteiger partial charge in [-0.2, -0.15) is 0 Å². The molecule has 7 heteroatoms. The highest BCUT2D eigenvalue weighted by Crippen LogP contribution is 2.18. The van der Waals surface area contributed by atoms with Crippen LogP contribution in [0.5, 0.6) is 0 Å². The summed E-state index contributed by atoms with van der Waals surface area (Å²) < 4.78 is 0. The lowest BCUT2D eigenvalue weighted by molar-refractivity contribution is -0.122. The van der Waals surface area contributed by atoms with Gasteiger partial charge < -0.3 is 10.2 Å². The number of aryl methyl sites for hydroxylation is 1. The first-order chi connectivity index (χ1) is 10.7. The minimum absolute atomic E-state index is 0.107. The van der Waals surface area contributed by atoms with E-state index < -0.39 is 0 Å². The van der Waals surface area contributed by atoms with E-state index in [1.165, 1.54) is 10.4 Å². The molecule has 5 nitrogen and oxygen atoms in total. The molecule has 3 heterocycles. The molecule has 0 bridgehead atoms. The van der Waals surface area contributed by atoms with E-state index in [4.69, 9.17) is 0 Å². The van der Waals surface area contributed by atoms with Crippen molar-refractivity contribution >= 4 is 33.7 Å². The first-order valence-corrected chi connectivity index (χ1v) is 9.15. The van der Waals surface area contributed by atoms with Crippen LogP contribution in [-0.2, 0) is 11.3 Å². The fourth-order valence-corrected chi connectivity index (χ4v) is 4.04. The minimum Gasteiger partial charge on any atom is -0.350 e. The zero-order chi connectivity index (χ0) is 15.4. The van der Waals surface area contributed by atoms with Crippen LogP contribution in [-0.4, -0.2) is 48.5 Å². The van der Waals surface area contributed by atoms with Crippen molar-refractivity contribution in [2.75, 3.05) is 37.6 Å². The van der Waals surface area contributed by atoms with Gasteiger partial charge in [-0.15, -0.1) is 22.7 Å². The first kappa shape index (κ1) is 15.5. The zero-order valence-corrected chi connectivity index (χ0v) is 14.3. The second kappa shape index (κ2) is 7.21. The summed E-state index contributed by atoms with van der Waals surface area (Å²) in [6, 6.07) is 2.09. The second-order valence-electron chi connectivity index (χ2n) is 5.38. The number of nitrogens with one attached hydrogen (secondary N) is 1. The number of piperazine rings is 1. The van der Waals surface area contributed by atoms with Crippen LogP contribution >= 0.6 is 22.7 Å². The Labute approximate surface area is 138 Å². The molecule has 0 atom stereocenters. The molecule has 2 aromatic rings.